The zero-order valence-electron chi connectivity index (χ0n) is 11.4. The van der Waals surface area contributed by atoms with Crippen LogP contribution in [0.25, 0.3) is 22.6 Å². The average molecular weight is 265 g/mol. The second kappa shape index (κ2) is 5.17. The Kier molecular flexibility index (Phi) is 3.21. The maximum absolute atomic E-state index is 5.36. The fourth-order valence-corrected chi connectivity index (χ4v) is 2.21. The molecular formula is C16H15N3O. The second-order valence-electron chi connectivity index (χ2n) is 4.73. The van der Waals surface area contributed by atoms with Gasteiger partial charge in [-0.1, -0.05) is 48.5 Å². The van der Waals surface area contributed by atoms with Crippen LogP contribution in [0.4, 0.5) is 5.69 Å². The van der Waals surface area contributed by atoms with Gasteiger partial charge >= 0.3 is 0 Å². The molecule has 0 fully saturated rings. The first-order valence-electron chi connectivity index (χ1n) is 6.42. The third kappa shape index (κ3) is 2.16. The summed E-state index contributed by atoms with van der Waals surface area (Å²) in [6.45, 7) is 0. The van der Waals surface area contributed by atoms with E-state index in [0.29, 0.717) is 5.76 Å². The van der Waals surface area contributed by atoms with E-state index in [-0.39, 0.29) is 0 Å². The van der Waals surface area contributed by atoms with Gasteiger partial charge in [0.25, 0.3) is 0 Å². The van der Waals surface area contributed by atoms with Crippen LogP contribution in [0.1, 0.15) is 0 Å². The van der Waals surface area contributed by atoms with Crippen molar-refractivity contribution in [2.75, 3.05) is 19.0 Å². The van der Waals surface area contributed by atoms with Crippen molar-refractivity contribution in [1.82, 2.24) is 10.4 Å². The van der Waals surface area contributed by atoms with Crippen molar-refractivity contribution in [2.45, 2.75) is 0 Å². The van der Waals surface area contributed by atoms with E-state index in [2.05, 4.69) is 21.3 Å². The zero-order chi connectivity index (χ0) is 13.9. The van der Waals surface area contributed by atoms with Crippen molar-refractivity contribution in [2.24, 2.45) is 0 Å². The van der Waals surface area contributed by atoms with E-state index in [4.69, 9.17) is 4.52 Å². The third-order valence-corrected chi connectivity index (χ3v) is 3.16. The SMILES string of the molecule is CN(C)c1ccccc1-c1nnoc1-c1ccccc1. The third-order valence-electron chi connectivity index (χ3n) is 3.16. The number of nitrogens with zero attached hydrogens (tertiary/aromatic N) is 3. The summed E-state index contributed by atoms with van der Waals surface area (Å²) < 4.78 is 5.36. The summed E-state index contributed by atoms with van der Waals surface area (Å²) in [4.78, 5) is 2.05. The fraction of sp³-hybridized carbons (Fsp3) is 0.125. The Hall–Kier alpha value is -2.62. The Morgan fingerprint density at radius 2 is 1.60 bits per heavy atom. The number of para-hydroxylation sites is 1. The minimum absolute atomic E-state index is 0.694. The fourth-order valence-electron chi connectivity index (χ4n) is 2.21. The molecule has 3 rings (SSSR count). The van der Waals surface area contributed by atoms with Gasteiger partial charge in [0, 0.05) is 36.2 Å². The van der Waals surface area contributed by atoms with Crippen LogP contribution in [-0.2, 0) is 0 Å². The molecule has 0 spiro atoms. The van der Waals surface area contributed by atoms with Crippen molar-refractivity contribution in [3.63, 3.8) is 0 Å². The van der Waals surface area contributed by atoms with Crippen LogP contribution < -0.4 is 4.90 Å². The van der Waals surface area contributed by atoms with Crippen LogP contribution in [0, 0.1) is 0 Å². The summed E-state index contributed by atoms with van der Waals surface area (Å²) in [7, 11) is 4.02. The number of benzene rings is 2. The molecule has 0 amide bonds. The minimum atomic E-state index is 0.694. The van der Waals surface area contributed by atoms with Crippen LogP contribution in [0.5, 0.6) is 0 Å². The lowest BCUT2D eigenvalue weighted by atomic mass is 10.0. The molecule has 100 valence electrons. The predicted molar refractivity (Wildman–Crippen MR) is 79.5 cm³/mol. The molecule has 0 bridgehead atoms. The molecule has 0 unspecified atom stereocenters. The van der Waals surface area contributed by atoms with Crippen molar-refractivity contribution in [1.29, 1.82) is 0 Å². The lowest BCUT2D eigenvalue weighted by molar-refractivity contribution is 0.403. The van der Waals surface area contributed by atoms with Gasteiger partial charge in [0.05, 0.1) is 0 Å². The average Bonchev–Trinajstić information content (AvgIpc) is 2.97. The molecule has 0 aliphatic carbocycles. The van der Waals surface area contributed by atoms with Crippen LogP contribution in [0.15, 0.2) is 59.1 Å². The highest BCUT2D eigenvalue weighted by molar-refractivity contribution is 5.84. The van der Waals surface area contributed by atoms with Crippen LogP contribution in [0.3, 0.4) is 0 Å². The van der Waals surface area contributed by atoms with Crippen molar-refractivity contribution in [3.05, 3.63) is 54.6 Å². The highest BCUT2D eigenvalue weighted by Crippen LogP contribution is 2.35. The van der Waals surface area contributed by atoms with E-state index < -0.39 is 0 Å². The van der Waals surface area contributed by atoms with E-state index in [1.807, 2.05) is 62.6 Å². The first kappa shape index (κ1) is 12.4. The van der Waals surface area contributed by atoms with Crippen molar-refractivity contribution < 1.29 is 4.52 Å². The summed E-state index contributed by atoms with van der Waals surface area (Å²) >= 11 is 0. The van der Waals surface area contributed by atoms with Crippen molar-refractivity contribution >= 4 is 5.69 Å². The van der Waals surface area contributed by atoms with E-state index in [9.17, 15) is 0 Å². The Morgan fingerprint density at radius 1 is 0.900 bits per heavy atom. The Morgan fingerprint density at radius 3 is 2.35 bits per heavy atom. The number of hydrogen-bond donors (Lipinski definition) is 0. The largest absolute Gasteiger partial charge is 0.377 e. The first-order chi connectivity index (χ1) is 9.77. The van der Waals surface area contributed by atoms with Gasteiger partial charge in [-0.05, 0) is 6.07 Å². The van der Waals surface area contributed by atoms with Gasteiger partial charge in [-0.2, -0.15) is 0 Å². The molecule has 20 heavy (non-hydrogen) atoms. The highest BCUT2D eigenvalue weighted by atomic mass is 16.5. The summed E-state index contributed by atoms with van der Waals surface area (Å²) in [5.41, 5.74) is 3.83. The molecule has 0 N–H and O–H groups in total. The monoisotopic (exact) mass is 265 g/mol. The van der Waals surface area contributed by atoms with Crippen LogP contribution >= 0.6 is 0 Å². The predicted octanol–water partition coefficient (Wildman–Crippen LogP) is 3.47. The highest BCUT2D eigenvalue weighted by Gasteiger charge is 2.17. The van der Waals surface area contributed by atoms with E-state index in [1.165, 1.54) is 0 Å². The minimum Gasteiger partial charge on any atom is -0.377 e. The maximum atomic E-state index is 5.36. The van der Waals surface area contributed by atoms with Gasteiger partial charge < -0.3 is 9.42 Å². The lowest BCUT2D eigenvalue weighted by Crippen LogP contribution is -2.09. The van der Waals surface area contributed by atoms with Crippen molar-refractivity contribution in [3.8, 4) is 22.6 Å². The topological polar surface area (TPSA) is 42.2 Å². The smallest absolute Gasteiger partial charge is 0.195 e. The van der Waals surface area contributed by atoms with E-state index in [1.54, 1.807) is 0 Å². The number of rotatable bonds is 3. The molecule has 2 aromatic carbocycles. The lowest BCUT2D eigenvalue weighted by Gasteiger charge is -2.16. The Labute approximate surface area is 117 Å². The standard InChI is InChI=1S/C16H15N3O/c1-19(2)14-11-7-6-10-13(14)15-16(20-18-17-15)12-8-4-3-5-9-12/h3-11H,1-2H3. The summed E-state index contributed by atoms with van der Waals surface area (Å²) in [6, 6.07) is 18.0. The molecule has 0 saturated heterocycles. The maximum Gasteiger partial charge on any atom is 0.195 e. The number of aromatic nitrogens is 2. The Balaban J connectivity index is 2.16. The second-order valence-corrected chi connectivity index (χ2v) is 4.73. The molecule has 0 radical (unpaired) electrons. The molecule has 1 aromatic heterocycles. The number of hydrogen-bond acceptors (Lipinski definition) is 4. The molecule has 0 aliphatic rings. The van der Waals surface area contributed by atoms with Gasteiger partial charge in [0.15, 0.2) is 5.76 Å². The van der Waals surface area contributed by atoms with Gasteiger partial charge in [0.1, 0.15) is 5.69 Å². The molecule has 1 heterocycles. The Bertz CT molecular complexity index is 705. The van der Waals surface area contributed by atoms with Gasteiger partial charge in [0.2, 0.25) is 0 Å². The molecular weight excluding hydrogens is 250 g/mol. The van der Waals surface area contributed by atoms with Gasteiger partial charge in [-0.25, -0.2) is 0 Å². The zero-order valence-corrected chi connectivity index (χ0v) is 11.4. The summed E-state index contributed by atoms with van der Waals surface area (Å²) in [5.74, 6) is 0.694. The molecule has 0 aliphatic heterocycles. The van der Waals surface area contributed by atoms with Crippen LogP contribution in [0.2, 0.25) is 0 Å². The molecule has 0 saturated carbocycles. The van der Waals surface area contributed by atoms with E-state index in [0.717, 1.165) is 22.5 Å². The quantitative estimate of drug-likeness (QED) is 0.727. The molecule has 0 atom stereocenters. The first-order valence-corrected chi connectivity index (χ1v) is 6.42. The number of anilines is 1. The normalized spacial score (nSPS) is 10.5. The van der Waals surface area contributed by atoms with Gasteiger partial charge in [-0.3, -0.25) is 0 Å². The van der Waals surface area contributed by atoms with E-state index >= 15 is 0 Å². The molecule has 4 heteroatoms. The van der Waals surface area contributed by atoms with Gasteiger partial charge in [-0.15, -0.1) is 5.10 Å². The summed E-state index contributed by atoms with van der Waals surface area (Å²) in [6.07, 6.45) is 0. The molecule has 4 nitrogen and oxygen atoms in total. The molecule has 3 aromatic rings. The van der Waals surface area contributed by atoms with Crippen LogP contribution in [-0.4, -0.2) is 24.5 Å². The summed E-state index contributed by atoms with van der Waals surface area (Å²) in [5, 5.41) is 7.89.